The van der Waals surface area contributed by atoms with E-state index in [-0.39, 0.29) is 29.8 Å². The molecule has 2 aliphatic carbocycles. The van der Waals surface area contributed by atoms with Crippen LogP contribution in [0.3, 0.4) is 0 Å². The Bertz CT molecular complexity index is 442. The SMILES string of the molecule is CC1(C)CCC(=O)C2=C1C(=O)CC2CC(=O)O. The van der Waals surface area contributed by atoms with E-state index >= 15 is 0 Å². The van der Waals surface area contributed by atoms with Crippen molar-refractivity contribution in [1.29, 1.82) is 0 Å². The summed E-state index contributed by atoms with van der Waals surface area (Å²) in [5, 5.41) is 8.82. The van der Waals surface area contributed by atoms with Crippen molar-refractivity contribution in [2.24, 2.45) is 11.3 Å². The standard InChI is InChI=1S/C13H16O4/c1-13(2)4-3-8(14)11-7(6-10(16)17)5-9(15)12(11)13/h7H,3-6H2,1-2H3,(H,16,17). The van der Waals surface area contributed by atoms with Gasteiger partial charge in [-0.15, -0.1) is 0 Å². The maximum absolute atomic E-state index is 12.0. The van der Waals surface area contributed by atoms with Crippen LogP contribution in [-0.2, 0) is 14.4 Å². The zero-order chi connectivity index (χ0) is 12.8. The number of hydrogen-bond donors (Lipinski definition) is 1. The lowest BCUT2D eigenvalue weighted by atomic mass is 9.71. The first-order valence-corrected chi connectivity index (χ1v) is 5.86. The summed E-state index contributed by atoms with van der Waals surface area (Å²) in [6.45, 7) is 3.91. The number of carboxylic acids is 1. The van der Waals surface area contributed by atoms with Gasteiger partial charge >= 0.3 is 5.97 Å². The highest BCUT2D eigenvalue weighted by molar-refractivity contribution is 6.12. The Morgan fingerprint density at radius 3 is 2.59 bits per heavy atom. The third-order valence-electron chi connectivity index (χ3n) is 3.76. The van der Waals surface area contributed by atoms with E-state index in [9.17, 15) is 14.4 Å². The molecule has 0 aromatic heterocycles. The van der Waals surface area contributed by atoms with Crippen LogP contribution in [0.4, 0.5) is 0 Å². The van der Waals surface area contributed by atoms with Gasteiger partial charge in [-0.25, -0.2) is 0 Å². The third kappa shape index (κ3) is 1.92. The highest BCUT2D eigenvalue weighted by Crippen LogP contribution is 2.47. The van der Waals surface area contributed by atoms with Gasteiger partial charge in [0.1, 0.15) is 0 Å². The fourth-order valence-corrected chi connectivity index (χ4v) is 2.96. The Labute approximate surface area is 99.7 Å². The number of Topliss-reactive ketones (excluding diaryl/α,β-unsaturated/α-hetero) is 2. The highest BCUT2D eigenvalue weighted by Gasteiger charge is 2.45. The maximum Gasteiger partial charge on any atom is 0.303 e. The fraction of sp³-hybridized carbons (Fsp3) is 0.615. The lowest BCUT2D eigenvalue weighted by Gasteiger charge is -2.31. The van der Waals surface area contributed by atoms with Crippen molar-refractivity contribution in [3.63, 3.8) is 0 Å². The van der Waals surface area contributed by atoms with Gasteiger partial charge in [-0.1, -0.05) is 13.8 Å². The van der Waals surface area contributed by atoms with Crippen molar-refractivity contribution in [2.75, 3.05) is 0 Å². The first-order chi connectivity index (χ1) is 7.83. The number of carboxylic acid groups (broad SMARTS) is 1. The zero-order valence-corrected chi connectivity index (χ0v) is 10.1. The van der Waals surface area contributed by atoms with E-state index in [1.807, 2.05) is 13.8 Å². The first kappa shape index (κ1) is 12.0. The smallest absolute Gasteiger partial charge is 0.303 e. The number of allylic oxidation sites excluding steroid dienone is 2. The summed E-state index contributed by atoms with van der Waals surface area (Å²) in [4.78, 5) is 34.6. The molecule has 2 aliphatic rings. The molecule has 1 atom stereocenters. The van der Waals surface area contributed by atoms with Crippen molar-refractivity contribution in [3.05, 3.63) is 11.1 Å². The Morgan fingerprint density at radius 2 is 2.00 bits per heavy atom. The summed E-state index contributed by atoms with van der Waals surface area (Å²) in [6, 6.07) is 0. The number of ketones is 2. The van der Waals surface area contributed by atoms with Crippen molar-refractivity contribution < 1.29 is 19.5 Å². The molecule has 0 aliphatic heterocycles. The van der Waals surface area contributed by atoms with Gasteiger partial charge in [-0.2, -0.15) is 0 Å². The summed E-state index contributed by atoms with van der Waals surface area (Å²) >= 11 is 0. The molecule has 0 saturated carbocycles. The molecule has 0 bridgehead atoms. The Balaban J connectivity index is 2.45. The van der Waals surface area contributed by atoms with E-state index in [1.54, 1.807) is 0 Å². The Hall–Kier alpha value is -1.45. The summed E-state index contributed by atoms with van der Waals surface area (Å²) in [5.74, 6) is -1.42. The fourth-order valence-electron chi connectivity index (χ4n) is 2.96. The topological polar surface area (TPSA) is 71.4 Å². The summed E-state index contributed by atoms with van der Waals surface area (Å²) in [6.07, 6.45) is 1.17. The molecule has 1 N–H and O–H groups in total. The molecule has 4 nitrogen and oxygen atoms in total. The predicted octanol–water partition coefficient (Wildman–Crippen LogP) is 1.74. The highest BCUT2D eigenvalue weighted by atomic mass is 16.4. The van der Waals surface area contributed by atoms with E-state index in [1.165, 1.54) is 0 Å². The molecule has 1 unspecified atom stereocenters. The molecule has 0 saturated heterocycles. The molecular formula is C13H16O4. The van der Waals surface area contributed by atoms with Gasteiger partial charge in [-0.3, -0.25) is 14.4 Å². The molecule has 92 valence electrons. The van der Waals surface area contributed by atoms with Crippen LogP contribution in [0.5, 0.6) is 0 Å². The number of carbonyl (C=O) groups is 3. The molecule has 0 aromatic carbocycles. The van der Waals surface area contributed by atoms with Crippen LogP contribution >= 0.6 is 0 Å². The van der Waals surface area contributed by atoms with Crippen LogP contribution in [0, 0.1) is 11.3 Å². The lowest BCUT2D eigenvalue weighted by molar-refractivity contribution is -0.137. The average Bonchev–Trinajstić information content (AvgIpc) is 2.50. The van der Waals surface area contributed by atoms with Crippen molar-refractivity contribution >= 4 is 17.5 Å². The third-order valence-corrected chi connectivity index (χ3v) is 3.76. The minimum atomic E-state index is -0.951. The first-order valence-electron chi connectivity index (χ1n) is 5.86. The van der Waals surface area contributed by atoms with Crippen molar-refractivity contribution in [2.45, 2.75) is 39.5 Å². The van der Waals surface area contributed by atoms with Crippen molar-refractivity contribution in [1.82, 2.24) is 0 Å². The van der Waals surface area contributed by atoms with E-state index in [0.717, 1.165) is 0 Å². The Morgan fingerprint density at radius 1 is 1.35 bits per heavy atom. The number of rotatable bonds is 2. The normalized spacial score (nSPS) is 27.3. The molecule has 0 radical (unpaired) electrons. The molecule has 17 heavy (non-hydrogen) atoms. The molecule has 2 rings (SSSR count). The average molecular weight is 236 g/mol. The van der Waals surface area contributed by atoms with E-state index in [2.05, 4.69) is 0 Å². The summed E-state index contributed by atoms with van der Waals surface area (Å²) < 4.78 is 0. The molecule has 0 amide bonds. The Kier molecular flexibility index (Phi) is 2.68. The van der Waals surface area contributed by atoms with Crippen LogP contribution in [0.25, 0.3) is 0 Å². The van der Waals surface area contributed by atoms with Gasteiger partial charge in [0, 0.05) is 29.9 Å². The quantitative estimate of drug-likeness (QED) is 0.792. The largest absolute Gasteiger partial charge is 0.481 e. The van der Waals surface area contributed by atoms with E-state index in [0.29, 0.717) is 24.0 Å². The van der Waals surface area contributed by atoms with Gasteiger partial charge in [0.2, 0.25) is 0 Å². The van der Waals surface area contributed by atoms with Crippen molar-refractivity contribution in [3.8, 4) is 0 Å². The molecule has 0 spiro atoms. The number of hydrogen-bond acceptors (Lipinski definition) is 3. The lowest BCUT2D eigenvalue weighted by Crippen LogP contribution is -2.28. The molecule has 4 heteroatoms. The van der Waals surface area contributed by atoms with Crippen LogP contribution in [-0.4, -0.2) is 22.6 Å². The van der Waals surface area contributed by atoms with Crippen LogP contribution in [0.1, 0.15) is 39.5 Å². The molecular weight excluding hydrogens is 220 g/mol. The van der Waals surface area contributed by atoms with E-state index < -0.39 is 11.9 Å². The van der Waals surface area contributed by atoms with Crippen LogP contribution in [0.2, 0.25) is 0 Å². The number of carbonyl (C=O) groups excluding carboxylic acids is 2. The minimum absolute atomic E-state index is 0.0311. The second kappa shape index (κ2) is 3.79. The second-order valence-electron chi connectivity index (χ2n) is 5.52. The second-order valence-corrected chi connectivity index (χ2v) is 5.52. The summed E-state index contributed by atoms with van der Waals surface area (Å²) in [5.41, 5.74) is 0.821. The molecule has 0 aromatic rings. The van der Waals surface area contributed by atoms with Gasteiger partial charge in [-0.05, 0) is 11.8 Å². The summed E-state index contributed by atoms with van der Waals surface area (Å²) in [7, 11) is 0. The minimum Gasteiger partial charge on any atom is -0.481 e. The van der Waals surface area contributed by atoms with Crippen LogP contribution < -0.4 is 0 Å². The molecule has 0 fully saturated rings. The molecule has 0 heterocycles. The van der Waals surface area contributed by atoms with Gasteiger partial charge < -0.3 is 5.11 Å². The monoisotopic (exact) mass is 236 g/mol. The number of aliphatic carboxylic acids is 1. The maximum atomic E-state index is 12.0. The zero-order valence-electron chi connectivity index (χ0n) is 10.1. The predicted molar refractivity (Wildman–Crippen MR) is 60.4 cm³/mol. The van der Waals surface area contributed by atoms with Gasteiger partial charge in [0.05, 0.1) is 6.42 Å². The van der Waals surface area contributed by atoms with E-state index in [4.69, 9.17) is 5.11 Å². The van der Waals surface area contributed by atoms with Gasteiger partial charge in [0.15, 0.2) is 11.6 Å². The van der Waals surface area contributed by atoms with Crippen LogP contribution in [0.15, 0.2) is 11.1 Å². The van der Waals surface area contributed by atoms with Gasteiger partial charge in [0.25, 0.3) is 0 Å².